The van der Waals surface area contributed by atoms with E-state index in [1.165, 1.54) is 5.56 Å². The first-order valence-electron chi connectivity index (χ1n) is 7.06. The van der Waals surface area contributed by atoms with Crippen molar-refractivity contribution in [3.8, 4) is 0 Å². The zero-order chi connectivity index (χ0) is 14.8. The van der Waals surface area contributed by atoms with Gasteiger partial charge in [-0.1, -0.05) is 34.1 Å². The Morgan fingerprint density at radius 1 is 1.24 bits per heavy atom. The minimum Gasteiger partial charge on any atom is -0.384 e. The van der Waals surface area contributed by atoms with Gasteiger partial charge in [0.15, 0.2) is 0 Å². The van der Waals surface area contributed by atoms with E-state index in [9.17, 15) is 4.79 Å². The van der Waals surface area contributed by atoms with Crippen molar-refractivity contribution in [3.05, 3.63) is 63.6 Å². The fourth-order valence-corrected chi connectivity index (χ4v) is 2.81. The van der Waals surface area contributed by atoms with E-state index in [2.05, 4.69) is 26.6 Å². The van der Waals surface area contributed by atoms with E-state index < -0.39 is 0 Å². The lowest BCUT2D eigenvalue weighted by molar-refractivity contribution is 0.0940. The second kappa shape index (κ2) is 5.90. The predicted octanol–water partition coefficient (Wildman–Crippen LogP) is 3.91. The maximum Gasteiger partial charge on any atom is 0.251 e. The summed E-state index contributed by atoms with van der Waals surface area (Å²) in [5.74, 6) is -0.0399. The Bertz CT molecular complexity index is 667. The number of anilines is 1. The molecule has 2 N–H and O–H groups in total. The molecule has 0 saturated heterocycles. The molecule has 0 bridgehead atoms. The van der Waals surface area contributed by atoms with Gasteiger partial charge in [0.2, 0.25) is 0 Å². The molecule has 21 heavy (non-hydrogen) atoms. The number of hydrogen-bond donors (Lipinski definition) is 2. The summed E-state index contributed by atoms with van der Waals surface area (Å²) in [5.41, 5.74) is 4.16. The van der Waals surface area contributed by atoms with Gasteiger partial charge in [-0.2, -0.15) is 0 Å². The molecular weight excluding hydrogens is 328 g/mol. The molecular formula is C17H17BrN2O. The van der Waals surface area contributed by atoms with Crippen molar-refractivity contribution in [2.45, 2.75) is 19.4 Å². The molecule has 2 aromatic rings. The zero-order valence-corrected chi connectivity index (χ0v) is 13.4. The number of rotatable bonds is 3. The Morgan fingerprint density at radius 3 is 2.76 bits per heavy atom. The van der Waals surface area contributed by atoms with E-state index in [-0.39, 0.29) is 11.9 Å². The number of hydrogen-bond acceptors (Lipinski definition) is 2. The fraction of sp³-hybridized carbons (Fsp3) is 0.235. The summed E-state index contributed by atoms with van der Waals surface area (Å²) in [5, 5.41) is 6.34. The predicted molar refractivity (Wildman–Crippen MR) is 88.7 cm³/mol. The van der Waals surface area contributed by atoms with E-state index in [4.69, 9.17) is 0 Å². The fourth-order valence-electron chi connectivity index (χ4n) is 2.55. The topological polar surface area (TPSA) is 41.1 Å². The van der Waals surface area contributed by atoms with Crippen molar-refractivity contribution < 1.29 is 4.79 Å². The van der Waals surface area contributed by atoms with Gasteiger partial charge < -0.3 is 10.6 Å². The third kappa shape index (κ3) is 3.10. The molecule has 2 aromatic carbocycles. The second-order valence-electron chi connectivity index (χ2n) is 5.30. The molecule has 1 amide bonds. The molecule has 1 heterocycles. The van der Waals surface area contributed by atoms with Gasteiger partial charge in [-0.25, -0.2) is 0 Å². The van der Waals surface area contributed by atoms with Gasteiger partial charge in [0.1, 0.15) is 0 Å². The number of fused-ring (bicyclic) bond motifs is 1. The summed E-state index contributed by atoms with van der Waals surface area (Å²) >= 11 is 3.42. The maximum absolute atomic E-state index is 12.3. The Balaban J connectivity index is 1.72. The largest absolute Gasteiger partial charge is 0.384 e. The summed E-state index contributed by atoms with van der Waals surface area (Å²) in [6.07, 6.45) is 1.03. The van der Waals surface area contributed by atoms with Crippen LogP contribution in [0.2, 0.25) is 0 Å². The lowest BCUT2D eigenvalue weighted by Gasteiger charge is -2.15. The summed E-state index contributed by atoms with van der Waals surface area (Å²) in [4.78, 5) is 12.3. The molecule has 108 valence electrons. The maximum atomic E-state index is 12.3. The molecule has 3 rings (SSSR count). The Hall–Kier alpha value is -1.81. The molecule has 3 nitrogen and oxygen atoms in total. The van der Waals surface area contributed by atoms with Crippen LogP contribution >= 0.6 is 15.9 Å². The highest BCUT2D eigenvalue weighted by Crippen LogP contribution is 2.24. The standard InChI is InChI=1S/C17H17BrN2O/c1-11(12-4-6-15(18)7-5-12)20-17(21)14-3-2-13-8-9-19-16(13)10-14/h2-7,10-11,19H,8-9H2,1H3,(H,20,21). The molecule has 0 saturated carbocycles. The van der Waals surface area contributed by atoms with Gasteiger partial charge in [-0.3, -0.25) is 4.79 Å². The van der Waals surface area contributed by atoms with Crippen LogP contribution in [-0.4, -0.2) is 12.5 Å². The summed E-state index contributed by atoms with van der Waals surface area (Å²) in [6, 6.07) is 13.8. The monoisotopic (exact) mass is 344 g/mol. The van der Waals surface area contributed by atoms with Crippen molar-refractivity contribution in [1.29, 1.82) is 0 Å². The number of carbonyl (C=O) groups excluding carboxylic acids is 1. The average molecular weight is 345 g/mol. The Labute approximate surface area is 132 Å². The van der Waals surface area contributed by atoms with Crippen molar-refractivity contribution in [3.63, 3.8) is 0 Å². The van der Waals surface area contributed by atoms with Crippen LogP contribution in [0, 0.1) is 0 Å². The minimum absolute atomic E-state index is 0.0215. The van der Waals surface area contributed by atoms with Crippen molar-refractivity contribution in [1.82, 2.24) is 5.32 Å². The third-order valence-electron chi connectivity index (χ3n) is 3.80. The van der Waals surface area contributed by atoms with Gasteiger partial charge in [0.25, 0.3) is 5.91 Å². The molecule has 0 spiro atoms. The lowest BCUT2D eigenvalue weighted by Crippen LogP contribution is -2.26. The Kier molecular flexibility index (Phi) is 3.97. The summed E-state index contributed by atoms with van der Waals surface area (Å²) in [7, 11) is 0. The van der Waals surface area contributed by atoms with Crippen molar-refractivity contribution >= 4 is 27.5 Å². The van der Waals surface area contributed by atoms with E-state index in [0.29, 0.717) is 5.56 Å². The van der Waals surface area contributed by atoms with Gasteiger partial charge in [-0.05, 0) is 48.7 Å². The summed E-state index contributed by atoms with van der Waals surface area (Å²) in [6.45, 7) is 2.95. The number of nitrogens with one attached hydrogen (secondary N) is 2. The lowest BCUT2D eigenvalue weighted by atomic mass is 10.1. The first-order chi connectivity index (χ1) is 10.1. The highest BCUT2D eigenvalue weighted by Gasteiger charge is 2.15. The molecule has 0 aromatic heterocycles. The minimum atomic E-state index is -0.0399. The molecule has 4 heteroatoms. The van der Waals surface area contributed by atoms with Crippen LogP contribution < -0.4 is 10.6 Å². The summed E-state index contributed by atoms with van der Waals surface area (Å²) < 4.78 is 1.04. The normalized spacial score (nSPS) is 14.2. The highest BCUT2D eigenvalue weighted by molar-refractivity contribution is 9.10. The van der Waals surface area contributed by atoms with E-state index in [0.717, 1.165) is 28.7 Å². The molecule has 0 radical (unpaired) electrons. The van der Waals surface area contributed by atoms with Gasteiger partial charge in [0, 0.05) is 22.3 Å². The molecule has 1 atom stereocenters. The number of halogens is 1. The van der Waals surface area contributed by atoms with Gasteiger partial charge in [0.05, 0.1) is 6.04 Å². The zero-order valence-electron chi connectivity index (χ0n) is 11.8. The number of benzene rings is 2. The van der Waals surface area contributed by atoms with Crippen LogP contribution in [0.3, 0.4) is 0 Å². The molecule has 1 aliphatic heterocycles. The second-order valence-corrected chi connectivity index (χ2v) is 6.21. The van der Waals surface area contributed by atoms with Crippen LogP contribution in [0.15, 0.2) is 46.9 Å². The van der Waals surface area contributed by atoms with E-state index >= 15 is 0 Å². The SMILES string of the molecule is CC(NC(=O)c1ccc2c(c1)NCC2)c1ccc(Br)cc1. The van der Waals surface area contributed by atoms with Crippen molar-refractivity contribution in [2.75, 3.05) is 11.9 Å². The van der Waals surface area contributed by atoms with E-state index in [1.54, 1.807) is 0 Å². The van der Waals surface area contributed by atoms with Crippen LogP contribution in [0.5, 0.6) is 0 Å². The molecule has 0 aliphatic carbocycles. The third-order valence-corrected chi connectivity index (χ3v) is 4.33. The van der Waals surface area contributed by atoms with E-state index in [1.807, 2.05) is 49.4 Å². The van der Waals surface area contributed by atoms with Crippen molar-refractivity contribution in [2.24, 2.45) is 0 Å². The molecule has 1 unspecified atom stereocenters. The molecule has 1 aliphatic rings. The highest BCUT2D eigenvalue weighted by atomic mass is 79.9. The first-order valence-corrected chi connectivity index (χ1v) is 7.86. The molecule has 0 fully saturated rings. The van der Waals surface area contributed by atoms with Crippen LogP contribution in [0.1, 0.15) is 34.5 Å². The van der Waals surface area contributed by atoms with Gasteiger partial charge >= 0.3 is 0 Å². The van der Waals surface area contributed by atoms with Crippen LogP contribution in [-0.2, 0) is 6.42 Å². The van der Waals surface area contributed by atoms with Crippen LogP contribution in [0.4, 0.5) is 5.69 Å². The van der Waals surface area contributed by atoms with Crippen LogP contribution in [0.25, 0.3) is 0 Å². The quantitative estimate of drug-likeness (QED) is 0.886. The first kappa shape index (κ1) is 14.1. The average Bonchev–Trinajstić information content (AvgIpc) is 2.95. The smallest absolute Gasteiger partial charge is 0.251 e. The number of amides is 1. The number of carbonyl (C=O) groups is 1. The van der Waals surface area contributed by atoms with Gasteiger partial charge in [-0.15, -0.1) is 0 Å². The Morgan fingerprint density at radius 2 is 2.00 bits per heavy atom.